The third-order valence-corrected chi connectivity index (χ3v) is 6.15. The van der Waals surface area contributed by atoms with Crippen LogP contribution in [0.4, 0.5) is 0 Å². The zero-order valence-corrected chi connectivity index (χ0v) is 16.4. The number of nitrogens with one attached hydrogen (secondary N) is 1. The quantitative estimate of drug-likeness (QED) is 0.793. The highest BCUT2D eigenvalue weighted by Gasteiger charge is 2.41. The van der Waals surface area contributed by atoms with Crippen molar-refractivity contribution in [3.63, 3.8) is 0 Å². The Hall–Kier alpha value is -1.30. The summed E-state index contributed by atoms with van der Waals surface area (Å²) in [5.41, 5.74) is 6.77. The van der Waals surface area contributed by atoms with Crippen LogP contribution in [-0.2, 0) is 14.9 Å². The van der Waals surface area contributed by atoms with Gasteiger partial charge in [0.25, 0.3) is 0 Å². The van der Waals surface area contributed by atoms with Gasteiger partial charge < -0.3 is 20.5 Å². The number of methoxy groups -OCH3 is 1. The zero-order chi connectivity index (χ0) is 17.8. The van der Waals surface area contributed by atoms with E-state index in [0.29, 0.717) is 39.1 Å². The average Bonchev–Trinajstić information content (AvgIpc) is 3.17. The van der Waals surface area contributed by atoms with Gasteiger partial charge in [0.15, 0.2) is 0 Å². The summed E-state index contributed by atoms with van der Waals surface area (Å²) in [4.78, 5) is 12.9. The van der Waals surface area contributed by atoms with E-state index < -0.39 is 5.41 Å². The van der Waals surface area contributed by atoms with E-state index in [2.05, 4.69) is 17.4 Å². The lowest BCUT2D eigenvalue weighted by Crippen LogP contribution is -2.51. The van der Waals surface area contributed by atoms with Crippen LogP contribution in [0.1, 0.15) is 44.1 Å². The Labute approximate surface area is 162 Å². The molecule has 3 N–H and O–H groups in total. The van der Waals surface area contributed by atoms with Gasteiger partial charge in [0.1, 0.15) is 5.75 Å². The van der Waals surface area contributed by atoms with E-state index in [1.54, 1.807) is 7.11 Å². The predicted molar refractivity (Wildman–Crippen MR) is 105 cm³/mol. The molecule has 5 nitrogen and oxygen atoms in total. The standard InChI is InChI=1S/C20H30N2O3.ClH/c1-24-17-6-4-5-16(13-17)20(7-2-3-8-20)15-22-18(23)19(14-21)9-11-25-12-10-19;/h4-6,13H,2-3,7-12,14-15,21H2,1H3,(H,22,23);1H. The molecule has 1 amide bonds. The molecule has 0 bridgehead atoms. The van der Waals surface area contributed by atoms with Crippen LogP contribution in [0.5, 0.6) is 5.75 Å². The lowest BCUT2D eigenvalue weighted by molar-refractivity contribution is -0.136. The molecule has 1 aliphatic carbocycles. The van der Waals surface area contributed by atoms with Crippen molar-refractivity contribution in [3.05, 3.63) is 29.8 Å². The Morgan fingerprint density at radius 2 is 1.92 bits per heavy atom. The Bertz CT molecular complexity index is 596. The summed E-state index contributed by atoms with van der Waals surface area (Å²) < 4.78 is 10.8. The van der Waals surface area contributed by atoms with Gasteiger partial charge in [-0.3, -0.25) is 4.79 Å². The zero-order valence-electron chi connectivity index (χ0n) is 15.6. The van der Waals surface area contributed by atoms with Gasteiger partial charge in [-0.1, -0.05) is 25.0 Å². The molecule has 6 heteroatoms. The average molecular weight is 383 g/mol. The molecule has 0 spiro atoms. The summed E-state index contributed by atoms with van der Waals surface area (Å²) in [5, 5.41) is 3.25. The third-order valence-electron chi connectivity index (χ3n) is 6.15. The van der Waals surface area contributed by atoms with Gasteiger partial charge >= 0.3 is 0 Å². The number of hydrogen-bond acceptors (Lipinski definition) is 4. The minimum absolute atomic E-state index is 0. The Morgan fingerprint density at radius 1 is 1.23 bits per heavy atom. The molecule has 1 saturated heterocycles. The molecule has 2 aliphatic rings. The molecule has 1 aliphatic heterocycles. The number of halogens is 1. The van der Waals surface area contributed by atoms with Gasteiger partial charge in [0.05, 0.1) is 12.5 Å². The fourth-order valence-corrected chi connectivity index (χ4v) is 4.30. The highest BCUT2D eigenvalue weighted by Crippen LogP contribution is 2.42. The van der Waals surface area contributed by atoms with Crippen molar-refractivity contribution in [2.24, 2.45) is 11.1 Å². The number of benzene rings is 1. The van der Waals surface area contributed by atoms with Gasteiger partial charge in [0.2, 0.25) is 5.91 Å². The lowest BCUT2D eigenvalue weighted by Gasteiger charge is -2.37. The minimum Gasteiger partial charge on any atom is -0.497 e. The monoisotopic (exact) mass is 382 g/mol. The summed E-state index contributed by atoms with van der Waals surface area (Å²) in [6.45, 7) is 2.28. The molecule has 0 unspecified atom stereocenters. The topological polar surface area (TPSA) is 73.6 Å². The van der Waals surface area contributed by atoms with Crippen molar-refractivity contribution in [2.75, 3.05) is 33.4 Å². The molecule has 1 aromatic rings. The Morgan fingerprint density at radius 3 is 2.54 bits per heavy atom. The second kappa shape index (κ2) is 9.07. The molecule has 146 valence electrons. The SMILES string of the molecule is COc1cccc(C2(CNC(=O)C3(CN)CCOCC3)CCCC2)c1.Cl. The molecule has 0 radical (unpaired) electrons. The number of nitrogens with two attached hydrogens (primary N) is 1. The first-order valence-corrected chi connectivity index (χ1v) is 9.35. The smallest absolute Gasteiger partial charge is 0.227 e. The van der Waals surface area contributed by atoms with Gasteiger partial charge in [-0.15, -0.1) is 12.4 Å². The summed E-state index contributed by atoms with van der Waals surface area (Å²) >= 11 is 0. The van der Waals surface area contributed by atoms with Gasteiger partial charge in [-0.05, 0) is 43.4 Å². The van der Waals surface area contributed by atoms with Crippen molar-refractivity contribution in [1.29, 1.82) is 0 Å². The normalized spacial score (nSPS) is 20.8. The van der Waals surface area contributed by atoms with Crippen molar-refractivity contribution in [2.45, 2.75) is 43.9 Å². The fourth-order valence-electron chi connectivity index (χ4n) is 4.30. The molecule has 1 heterocycles. The van der Waals surface area contributed by atoms with Crippen LogP contribution >= 0.6 is 12.4 Å². The second-order valence-corrected chi connectivity index (χ2v) is 7.50. The van der Waals surface area contributed by atoms with E-state index in [-0.39, 0.29) is 23.7 Å². The Balaban J connectivity index is 0.00000243. The number of amides is 1. The van der Waals surface area contributed by atoms with Crippen molar-refractivity contribution < 1.29 is 14.3 Å². The highest BCUT2D eigenvalue weighted by atomic mass is 35.5. The van der Waals surface area contributed by atoms with E-state index in [9.17, 15) is 4.79 Å². The molecule has 1 aromatic carbocycles. The van der Waals surface area contributed by atoms with Crippen molar-refractivity contribution in [1.82, 2.24) is 5.32 Å². The lowest BCUT2D eigenvalue weighted by atomic mass is 9.76. The number of carbonyl (C=O) groups is 1. The second-order valence-electron chi connectivity index (χ2n) is 7.50. The predicted octanol–water partition coefficient (Wildman–Crippen LogP) is 2.80. The largest absolute Gasteiger partial charge is 0.497 e. The number of rotatable bonds is 6. The van der Waals surface area contributed by atoms with E-state index >= 15 is 0 Å². The highest BCUT2D eigenvalue weighted by molar-refractivity contribution is 5.85. The van der Waals surface area contributed by atoms with Gasteiger partial charge in [-0.2, -0.15) is 0 Å². The molecule has 0 atom stereocenters. The van der Waals surface area contributed by atoms with E-state index in [1.165, 1.54) is 18.4 Å². The van der Waals surface area contributed by atoms with Crippen LogP contribution in [0, 0.1) is 5.41 Å². The van der Waals surface area contributed by atoms with E-state index in [4.69, 9.17) is 15.2 Å². The molecular weight excluding hydrogens is 352 g/mol. The molecule has 26 heavy (non-hydrogen) atoms. The summed E-state index contributed by atoms with van der Waals surface area (Å²) in [5.74, 6) is 0.963. The van der Waals surface area contributed by atoms with Crippen LogP contribution < -0.4 is 15.8 Å². The summed E-state index contributed by atoms with van der Waals surface area (Å²) in [6.07, 6.45) is 6.01. The molecule has 0 aromatic heterocycles. The third kappa shape index (κ3) is 4.16. The number of hydrogen-bond donors (Lipinski definition) is 2. The maximum atomic E-state index is 12.9. The molecular formula is C20H31ClN2O3. The van der Waals surface area contributed by atoms with Crippen LogP contribution in [0.3, 0.4) is 0 Å². The van der Waals surface area contributed by atoms with Gasteiger partial charge in [0, 0.05) is 31.7 Å². The summed E-state index contributed by atoms with van der Waals surface area (Å²) in [6, 6.07) is 8.28. The van der Waals surface area contributed by atoms with Crippen LogP contribution in [0.25, 0.3) is 0 Å². The van der Waals surface area contributed by atoms with Crippen molar-refractivity contribution in [3.8, 4) is 5.75 Å². The molecule has 2 fully saturated rings. The van der Waals surface area contributed by atoms with Crippen LogP contribution in [0.2, 0.25) is 0 Å². The molecule has 3 rings (SSSR count). The number of ether oxygens (including phenoxy) is 2. The fraction of sp³-hybridized carbons (Fsp3) is 0.650. The number of carbonyl (C=O) groups excluding carboxylic acids is 1. The minimum atomic E-state index is -0.466. The van der Waals surface area contributed by atoms with Crippen LogP contribution in [-0.4, -0.2) is 39.3 Å². The Kier molecular flexibility index (Phi) is 7.33. The first kappa shape index (κ1) is 21.0. The van der Waals surface area contributed by atoms with E-state index in [0.717, 1.165) is 18.6 Å². The molecule has 1 saturated carbocycles. The van der Waals surface area contributed by atoms with Crippen molar-refractivity contribution >= 4 is 18.3 Å². The first-order valence-electron chi connectivity index (χ1n) is 9.35. The van der Waals surface area contributed by atoms with E-state index in [1.807, 2.05) is 12.1 Å². The first-order chi connectivity index (χ1) is 12.1. The summed E-state index contributed by atoms with van der Waals surface area (Å²) in [7, 11) is 1.69. The maximum absolute atomic E-state index is 12.9. The maximum Gasteiger partial charge on any atom is 0.227 e. The van der Waals surface area contributed by atoms with Gasteiger partial charge in [-0.25, -0.2) is 0 Å². The van der Waals surface area contributed by atoms with Crippen LogP contribution in [0.15, 0.2) is 24.3 Å².